The average Bonchev–Trinajstić information content (AvgIpc) is 2.20. The number of carbonyl (C=O) groups excluding carboxylic acids is 2. The van der Waals surface area contributed by atoms with Crippen LogP contribution in [0.15, 0.2) is 0 Å². The third-order valence-corrected chi connectivity index (χ3v) is 1.60. The summed E-state index contributed by atoms with van der Waals surface area (Å²) in [6.07, 6.45) is 3.02. The number of hydrogen-bond donors (Lipinski definition) is 0. The fourth-order valence-electron chi connectivity index (χ4n) is 0.939. The molecule has 4 nitrogen and oxygen atoms in total. The molecule has 0 aromatic carbocycles. The molecule has 0 saturated carbocycles. The van der Waals surface area contributed by atoms with Gasteiger partial charge in [-0.2, -0.15) is 0 Å². The first-order valence-corrected chi connectivity index (χ1v) is 6.02. The molecule has 0 spiro atoms. The Bertz CT molecular complexity index is 161. The topological polar surface area (TPSA) is 62.3 Å². The second kappa shape index (κ2) is 26.3. The largest absolute Gasteiger partial charge is 4.00 e. The molecule has 112 valence electrons. The number of amides is 2. The monoisotopic (exact) mass is 446 g/mol. The molecule has 0 atom stereocenters. The van der Waals surface area contributed by atoms with Crippen molar-refractivity contribution in [1.29, 1.82) is 0 Å². The van der Waals surface area contributed by atoms with Gasteiger partial charge in [-0.05, 0) is 12.8 Å². The predicted octanol–water partition coefficient (Wildman–Crippen LogP) is -2.58. The molecule has 0 aliphatic rings. The van der Waals surface area contributed by atoms with Gasteiger partial charge in [0.15, 0.2) is 0 Å². The van der Waals surface area contributed by atoms with E-state index in [1.165, 1.54) is 0 Å². The average molecular weight is 445 g/mol. The molecule has 0 unspecified atom stereocenters. The minimum absolute atomic E-state index is 0. The van der Waals surface area contributed by atoms with Gasteiger partial charge < -0.3 is 29.6 Å². The summed E-state index contributed by atoms with van der Waals surface area (Å²) >= 11 is 0. The second-order valence-electron chi connectivity index (χ2n) is 3.24. The van der Waals surface area contributed by atoms with E-state index < -0.39 is 0 Å². The zero-order valence-electron chi connectivity index (χ0n) is 12.2. The van der Waals surface area contributed by atoms with Crippen LogP contribution >= 0.6 is 0 Å². The van der Waals surface area contributed by atoms with Crippen LogP contribution in [0.2, 0.25) is 0 Å². The van der Waals surface area contributed by atoms with Crippen molar-refractivity contribution in [1.82, 2.24) is 0 Å². The molecule has 0 aliphatic heterocycles. The van der Waals surface area contributed by atoms with E-state index in [-0.39, 0.29) is 47.1 Å². The fourth-order valence-corrected chi connectivity index (χ4v) is 0.939. The van der Waals surface area contributed by atoms with Gasteiger partial charge in [0.2, 0.25) is 0 Å². The van der Waals surface area contributed by atoms with Crippen molar-refractivity contribution in [2.75, 3.05) is 13.1 Å². The van der Waals surface area contributed by atoms with E-state index in [2.05, 4.69) is 10.6 Å². The minimum Gasteiger partial charge on any atom is -1.00 e. The standard InChI is InChI=1S/2C6H13NO.2FH.Hf/c2*1-3-5-6(8)7-4-2;;;/h2*3-5H2,1-2H3,(H,7,8);2*1H;/q;;;;+4/p-4. The molecule has 0 N–H and O–H groups in total. The quantitative estimate of drug-likeness (QED) is 0.423. The Kier molecular flexibility index (Phi) is 43.1. The van der Waals surface area contributed by atoms with E-state index in [1.807, 2.05) is 27.7 Å². The van der Waals surface area contributed by atoms with Crippen molar-refractivity contribution in [3.05, 3.63) is 10.6 Å². The molecule has 0 heterocycles. The van der Waals surface area contributed by atoms with E-state index in [9.17, 15) is 9.59 Å². The van der Waals surface area contributed by atoms with Crippen LogP contribution in [0.25, 0.3) is 10.6 Å². The van der Waals surface area contributed by atoms with Gasteiger partial charge in [-0.25, -0.2) is 0 Å². The maximum absolute atomic E-state index is 10.5. The maximum atomic E-state index is 10.5. The number of carbonyl (C=O) groups is 2. The predicted molar refractivity (Wildman–Crippen MR) is 67.6 cm³/mol. The number of hydrogen-bond acceptors (Lipinski definition) is 2. The zero-order valence-corrected chi connectivity index (χ0v) is 15.8. The van der Waals surface area contributed by atoms with Crippen LogP contribution in [0.4, 0.5) is 0 Å². The third kappa shape index (κ3) is 31.9. The third-order valence-electron chi connectivity index (χ3n) is 1.60. The van der Waals surface area contributed by atoms with Gasteiger partial charge in [0.1, 0.15) is 0 Å². The maximum Gasteiger partial charge on any atom is 4.00 e. The Labute approximate surface area is 134 Å². The summed E-state index contributed by atoms with van der Waals surface area (Å²) in [6.45, 7) is 8.94. The van der Waals surface area contributed by atoms with Gasteiger partial charge in [-0.3, -0.25) is 0 Å². The summed E-state index contributed by atoms with van der Waals surface area (Å²) in [5, 5.41) is 7.35. The van der Waals surface area contributed by atoms with E-state index in [1.54, 1.807) is 0 Å². The second-order valence-corrected chi connectivity index (χ2v) is 3.24. The van der Waals surface area contributed by atoms with Crippen LogP contribution in [-0.2, 0) is 35.4 Å². The van der Waals surface area contributed by atoms with Crippen LogP contribution in [0, 0.1) is 0 Å². The SMILES string of the molecule is CCCC(=O)[N-]CC.CCCC(=O)[N-]CC.[F-].[F-].[Hf+4]. The van der Waals surface area contributed by atoms with E-state index in [0.29, 0.717) is 25.9 Å². The zero-order chi connectivity index (χ0) is 12.8. The van der Waals surface area contributed by atoms with Gasteiger partial charge >= 0.3 is 25.8 Å². The first-order valence-electron chi connectivity index (χ1n) is 6.02. The fraction of sp³-hybridized carbons (Fsp3) is 0.833. The van der Waals surface area contributed by atoms with E-state index in [0.717, 1.165) is 12.8 Å². The van der Waals surface area contributed by atoms with Crippen LogP contribution < -0.4 is 9.41 Å². The first-order chi connectivity index (χ1) is 7.62. The van der Waals surface area contributed by atoms with Gasteiger partial charge in [-0.15, -0.1) is 13.1 Å². The van der Waals surface area contributed by atoms with Crippen molar-refractivity contribution >= 4 is 11.8 Å². The molecule has 19 heavy (non-hydrogen) atoms. The summed E-state index contributed by atoms with van der Waals surface area (Å²) in [5.41, 5.74) is 0. The summed E-state index contributed by atoms with van der Waals surface area (Å²) in [5.74, 6) is 0.0741. The molecular weight excluding hydrogens is 421 g/mol. The number of rotatable bonds is 6. The van der Waals surface area contributed by atoms with Crippen molar-refractivity contribution < 1.29 is 44.8 Å². The number of halogens is 2. The van der Waals surface area contributed by atoms with Gasteiger partial charge in [0, 0.05) is 0 Å². The normalized spacial score (nSPS) is 7.37. The Morgan fingerprint density at radius 1 is 0.737 bits per heavy atom. The van der Waals surface area contributed by atoms with E-state index >= 15 is 0 Å². The van der Waals surface area contributed by atoms with Crippen LogP contribution in [0.3, 0.4) is 0 Å². The smallest absolute Gasteiger partial charge is 1.00 e. The Morgan fingerprint density at radius 2 is 1.00 bits per heavy atom. The van der Waals surface area contributed by atoms with Gasteiger partial charge in [-0.1, -0.05) is 40.5 Å². The molecule has 0 rings (SSSR count). The molecule has 0 fully saturated rings. The van der Waals surface area contributed by atoms with Crippen molar-refractivity contribution in [3.8, 4) is 0 Å². The van der Waals surface area contributed by atoms with Crippen LogP contribution in [0.5, 0.6) is 0 Å². The summed E-state index contributed by atoms with van der Waals surface area (Å²) in [4.78, 5) is 21.0. The van der Waals surface area contributed by atoms with Gasteiger partial charge in [0.05, 0.1) is 11.8 Å². The van der Waals surface area contributed by atoms with Crippen molar-refractivity contribution in [3.63, 3.8) is 0 Å². The van der Waals surface area contributed by atoms with Crippen LogP contribution in [-0.4, -0.2) is 24.9 Å². The number of nitrogens with zero attached hydrogens (tertiary/aromatic N) is 2. The Balaban J connectivity index is -0.0000000594. The summed E-state index contributed by atoms with van der Waals surface area (Å²) < 4.78 is 0. The summed E-state index contributed by atoms with van der Waals surface area (Å²) in [6, 6.07) is 0. The molecule has 7 heteroatoms. The molecule has 2 amide bonds. The Hall–Kier alpha value is -0.330. The van der Waals surface area contributed by atoms with E-state index in [4.69, 9.17) is 0 Å². The molecule has 0 aromatic heterocycles. The molecule has 0 bridgehead atoms. The van der Waals surface area contributed by atoms with Crippen LogP contribution in [0.1, 0.15) is 53.4 Å². The molecule has 0 saturated heterocycles. The Morgan fingerprint density at radius 3 is 1.16 bits per heavy atom. The van der Waals surface area contributed by atoms with Crippen molar-refractivity contribution in [2.45, 2.75) is 53.4 Å². The molecule has 0 aromatic rings. The minimum atomic E-state index is 0. The summed E-state index contributed by atoms with van der Waals surface area (Å²) in [7, 11) is 0. The molecule has 0 radical (unpaired) electrons. The first kappa shape index (κ1) is 31.2. The molecular formula is C12H24F2HfN2O2. The van der Waals surface area contributed by atoms with Gasteiger partial charge in [0.25, 0.3) is 0 Å². The molecule has 0 aliphatic carbocycles. The van der Waals surface area contributed by atoms with Crippen molar-refractivity contribution in [2.24, 2.45) is 0 Å².